The molecule has 0 bridgehead atoms. The molecular weight excluding hydrogens is 332 g/mol. The Labute approximate surface area is 154 Å². The Morgan fingerprint density at radius 2 is 2.12 bits per heavy atom. The van der Waals surface area contributed by atoms with E-state index in [0.29, 0.717) is 18.5 Å². The zero-order valence-electron chi connectivity index (χ0n) is 15.5. The number of benzene rings is 1. The summed E-state index contributed by atoms with van der Waals surface area (Å²) in [5.74, 6) is 2.02. The summed E-state index contributed by atoms with van der Waals surface area (Å²) in [5, 5.41) is 6.86. The quantitative estimate of drug-likeness (QED) is 0.609. The fourth-order valence-electron chi connectivity index (χ4n) is 3.08. The molecule has 2 unspecified atom stereocenters. The third-order valence-corrected chi connectivity index (χ3v) is 4.72. The van der Waals surface area contributed by atoms with Gasteiger partial charge in [-0.2, -0.15) is 0 Å². The van der Waals surface area contributed by atoms with Crippen LogP contribution in [-0.2, 0) is 9.53 Å². The molecule has 2 aliphatic heterocycles. The largest absolute Gasteiger partial charge is 0.493 e. The molecule has 1 aromatic carbocycles. The Hall–Kier alpha value is -2.28. The van der Waals surface area contributed by atoms with Gasteiger partial charge in [0.15, 0.2) is 5.96 Å². The average molecular weight is 360 g/mol. The Morgan fingerprint density at radius 1 is 1.27 bits per heavy atom. The number of para-hydroxylation sites is 1. The van der Waals surface area contributed by atoms with Crippen molar-refractivity contribution >= 4 is 11.9 Å². The van der Waals surface area contributed by atoms with Crippen LogP contribution in [0.15, 0.2) is 29.3 Å². The summed E-state index contributed by atoms with van der Waals surface area (Å²) in [7, 11) is 3.48. The lowest BCUT2D eigenvalue weighted by Gasteiger charge is -2.28. The van der Waals surface area contributed by atoms with Crippen LogP contribution in [0.25, 0.3) is 0 Å². The number of hydrogen-bond donors (Lipinski definition) is 2. The number of hydrogen-bond acceptors (Lipinski definition) is 4. The van der Waals surface area contributed by atoms with E-state index in [1.165, 1.54) is 0 Å². The molecule has 142 valence electrons. The van der Waals surface area contributed by atoms with Crippen molar-refractivity contribution in [2.75, 3.05) is 47.0 Å². The van der Waals surface area contributed by atoms with E-state index in [1.807, 2.05) is 18.2 Å². The Bertz CT molecular complexity index is 641. The second-order valence-electron chi connectivity index (χ2n) is 6.94. The molecule has 7 nitrogen and oxygen atoms in total. The molecule has 0 aliphatic carbocycles. The molecule has 1 amide bonds. The van der Waals surface area contributed by atoms with Gasteiger partial charge in [-0.15, -0.1) is 0 Å². The lowest BCUT2D eigenvalue weighted by Crippen LogP contribution is -2.43. The zero-order valence-corrected chi connectivity index (χ0v) is 15.5. The topological polar surface area (TPSA) is 75.2 Å². The fraction of sp³-hybridized carbons (Fsp3) is 0.579. The number of aliphatic imine (C=N–C) groups is 1. The molecule has 0 aromatic heterocycles. The highest BCUT2D eigenvalue weighted by atomic mass is 16.5. The van der Waals surface area contributed by atoms with Crippen molar-refractivity contribution in [3.05, 3.63) is 29.8 Å². The summed E-state index contributed by atoms with van der Waals surface area (Å²) in [4.78, 5) is 18.0. The standard InChI is InChI=1S/C19H28N4O3/c1-23(2)18(24)12-21-19(20-11-14-7-9-25-13-14)22-16-8-10-26-17-6-4-3-5-15(16)17/h3-6,14,16H,7-13H2,1-2H3,(H2,20,21,22). The second-order valence-corrected chi connectivity index (χ2v) is 6.94. The Morgan fingerprint density at radius 3 is 2.88 bits per heavy atom. The number of carbonyl (C=O) groups excluding carboxylic acids is 1. The number of nitrogens with one attached hydrogen (secondary N) is 2. The number of fused-ring (bicyclic) bond motifs is 1. The summed E-state index contributed by atoms with van der Waals surface area (Å²) in [5.41, 5.74) is 1.12. The van der Waals surface area contributed by atoms with Crippen LogP contribution in [0.5, 0.6) is 5.75 Å². The van der Waals surface area contributed by atoms with Crippen LogP contribution < -0.4 is 15.4 Å². The van der Waals surface area contributed by atoms with Crippen LogP contribution in [0, 0.1) is 5.92 Å². The average Bonchev–Trinajstić information content (AvgIpc) is 3.17. The lowest BCUT2D eigenvalue weighted by molar-refractivity contribution is -0.127. The van der Waals surface area contributed by atoms with Crippen molar-refractivity contribution in [2.45, 2.75) is 18.9 Å². The Balaban J connectivity index is 1.68. The lowest BCUT2D eigenvalue weighted by atomic mass is 10.0. The highest BCUT2D eigenvalue weighted by molar-refractivity contribution is 5.85. The monoisotopic (exact) mass is 360 g/mol. The van der Waals surface area contributed by atoms with Gasteiger partial charge in [-0.25, -0.2) is 4.99 Å². The maximum absolute atomic E-state index is 11.9. The highest BCUT2D eigenvalue weighted by Gasteiger charge is 2.23. The Kier molecular flexibility index (Phi) is 6.33. The molecular formula is C19H28N4O3. The van der Waals surface area contributed by atoms with Gasteiger partial charge in [-0.3, -0.25) is 4.79 Å². The molecule has 26 heavy (non-hydrogen) atoms. The van der Waals surface area contributed by atoms with Gasteiger partial charge in [0.1, 0.15) is 12.3 Å². The summed E-state index contributed by atoms with van der Waals surface area (Å²) in [6, 6.07) is 8.15. The van der Waals surface area contributed by atoms with Gasteiger partial charge in [0, 0.05) is 45.1 Å². The van der Waals surface area contributed by atoms with Gasteiger partial charge in [-0.05, 0) is 12.5 Å². The van der Waals surface area contributed by atoms with E-state index in [-0.39, 0.29) is 18.5 Å². The van der Waals surface area contributed by atoms with E-state index >= 15 is 0 Å². The highest BCUT2D eigenvalue weighted by Crippen LogP contribution is 2.31. The third kappa shape index (κ3) is 4.88. The van der Waals surface area contributed by atoms with Crippen molar-refractivity contribution in [3.63, 3.8) is 0 Å². The molecule has 1 saturated heterocycles. The maximum Gasteiger partial charge on any atom is 0.243 e. The van der Waals surface area contributed by atoms with Crippen LogP contribution in [0.2, 0.25) is 0 Å². The molecule has 3 rings (SSSR count). The minimum absolute atomic E-state index is 0.0253. The van der Waals surface area contributed by atoms with E-state index in [0.717, 1.165) is 43.9 Å². The fourth-order valence-corrected chi connectivity index (χ4v) is 3.08. The van der Waals surface area contributed by atoms with Crippen LogP contribution in [0.1, 0.15) is 24.4 Å². The summed E-state index contributed by atoms with van der Waals surface area (Å²) in [6.45, 7) is 3.16. The molecule has 2 N–H and O–H groups in total. The van der Waals surface area contributed by atoms with Crippen molar-refractivity contribution in [1.82, 2.24) is 15.5 Å². The number of likely N-dealkylation sites (N-methyl/N-ethyl adjacent to an activating group) is 1. The summed E-state index contributed by atoms with van der Waals surface area (Å²) < 4.78 is 11.2. The minimum atomic E-state index is -0.0253. The zero-order chi connectivity index (χ0) is 18.4. The van der Waals surface area contributed by atoms with Crippen LogP contribution >= 0.6 is 0 Å². The normalized spacial score (nSPS) is 22.3. The molecule has 0 saturated carbocycles. The number of carbonyl (C=O) groups is 1. The first kappa shape index (κ1) is 18.5. The third-order valence-electron chi connectivity index (χ3n) is 4.72. The van der Waals surface area contributed by atoms with E-state index in [9.17, 15) is 4.79 Å². The van der Waals surface area contributed by atoms with Gasteiger partial charge in [-0.1, -0.05) is 18.2 Å². The van der Waals surface area contributed by atoms with Crippen molar-refractivity contribution in [3.8, 4) is 5.75 Å². The smallest absolute Gasteiger partial charge is 0.243 e. The SMILES string of the molecule is CN(C)C(=O)CN=C(NCC1CCOC1)NC1CCOc2ccccc21. The van der Waals surface area contributed by atoms with Crippen molar-refractivity contribution in [2.24, 2.45) is 10.9 Å². The molecule has 2 heterocycles. The number of ether oxygens (including phenoxy) is 2. The van der Waals surface area contributed by atoms with Crippen LogP contribution in [0.3, 0.4) is 0 Å². The number of nitrogens with zero attached hydrogens (tertiary/aromatic N) is 2. The van der Waals surface area contributed by atoms with E-state index in [2.05, 4.69) is 21.7 Å². The minimum Gasteiger partial charge on any atom is -0.493 e. The first-order chi connectivity index (χ1) is 12.6. The molecule has 0 radical (unpaired) electrons. The number of guanidine groups is 1. The second kappa shape index (κ2) is 8.89. The predicted octanol–water partition coefficient (Wildman–Crippen LogP) is 1.17. The van der Waals surface area contributed by atoms with Crippen molar-refractivity contribution in [1.29, 1.82) is 0 Å². The predicted molar refractivity (Wildman–Crippen MR) is 100 cm³/mol. The molecule has 2 aliphatic rings. The number of rotatable bonds is 5. The molecule has 7 heteroatoms. The first-order valence-electron chi connectivity index (χ1n) is 9.18. The van der Waals surface area contributed by atoms with E-state index < -0.39 is 0 Å². The molecule has 1 fully saturated rings. The summed E-state index contributed by atoms with van der Waals surface area (Å²) in [6.07, 6.45) is 1.91. The molecule has 2 atom stereocenters. The molecule has 1 aromatic rings. The van der Waals surface area contributed by atoms with Crippen LogP contribution in [-0.4, -0.2) is 63.8 Å². The van der Waals surface area contributed by atoms with Crippen LogP contribution in [0.4, 0.5) is 0 Å². The van der Waals surface area contributed by atoms with Crippen molar-refractivity contribution < 1.29 is 14.3 Å². The van der Waals surface area contributed by atoms with E-state index in [4.69, 9.17) is 9.47 Å². The van der Waals surface area contributed by atoms with Gasteiger partial charge in [0.05, 0.1) is 19.3 Å². The van der Waals surface area contributed by atoms with Gasteiger partial charge in [0.2, 0.25) is 5.91 Å². The number of amides is 1. The molecule has 0 spiro atoms. The van der Waals surface area contributed by atoms with Gasteiger partial charge >= 0.3 is 0 Å². The summed E-state index contributed by atoms with van der Waals surface area (Å²) >= 11 is 0. The maximum atomic E-state index is 11.9. The first-order valence-corrected chi connectivity index (χ1v) is 9.18. The van der Waals surface area contributed by atoms with Gasteiger partial charge < -0.3 is 25.0 Å². The van der Waals surface area contributed by atoms with E-state index in [1.54, 1.807) is 19.0 Å². The van der Waals surface area contributed by atoms with Gasteiger partial charge in [0.25, 0.3) is 0 Å².